The second-order valence-corrected chi connectivity index (χ2v) is 5.33. The third kappa shape index (κ3) is 2.45. The summed E-state index contributed by atoms with van der Waals surface area (Å²) in [4.78, 5) is 0. The van der Waals surface area contributed by atoms with Crippen LogP contribution >= 0.6 is 0 Å². The van der Waals surface area contributed by atoms with E-state index in [0.29, 0.717) is 6.42 Å². The van der Waals surface area contributed by atoms with Crippen LogP contribution in [0, 0.1) is 0 Å². The monoisotopic (exact) mass is 256 g/mol. The van der Waals surface area contributed by atoms with Crippen molar-refractivity contribution in [3.8, 4) is 0 Å². The van der Waals surface area contributed by atoms with Crippen molar-refractivity contribution in [3.63, 3.8) is 0 Å². The zero-order valence-electron chi connectivity index (χ0n) is 11.4. The van der Waals surface area contributed by atoms with Crippen molar-refractivity contribution in [1.29, 1.82) is 0 Å². The maximum absolute atomic E-state index is 10.4. The highest BCUT2D eigenvalue weighted by molar-refractivity contribution is 5.36. The molecule has 1 aromatic heterocycles. The highest BCUT2D eigenvalue weighted by Gasteiger charge is 2.16. The van der Waals surface area contributed by atoms with E-state index in [0.717, 1.165) is 17.7 Å². The molecule has 19 heavy (non-hydrogen) atoms. The first kappa shape index (κ1) is 12.5. The molecule has 1 aromatic carbocycles. The van der Waals surface area contributed by atoms with Crippen LogP contribution in [0.25, 0.3) is 0 Å². The Balaban J connectivity index is 1.78. The van der Waals surface area contributed by atoms with Crippen LogP contribution in [0.5, 0.6) is 0 Å². The summed E-state index contributed by atoms with van der Waals surface area (Å²) >= 11 is 0. The molecule has 0 fully saturated rings. The summed E-state index contributed by atoms with van der Waals surface area (Å²) in [7, 11) is 0. The number of fused-ring (bicyclic) bond motifs is 1. The molecule has 0 bridgehead atoms. The Morgan fingerprint density at radius 1 is 1.21 bits per heavy atom. The van der Waals surface area contributed by atoms with E-state index in [9.17, 15) is 5.11 Å². The topological polar surface area (TPSA) is 33.4 Å². The molecule has 1 unspecified atom stereocenters. The van der Waals surface area contributed by atoms with Crippen molar-refractivity contribution in [2.24, 2.45) is 0 Å². The van der Waals surface area contributed by atoms with Gasteiger partial charge in [-0.25, -0.2) is 0 Å². The molecule has 1 atom stereocenters. The van der Waals surface area contributed by atoms with Gasteiger partial charge in [-0.05, 0) is 42.0 Å². The summed E-state index contributed by atoms with van der Waals surface area (Å²) < 4.78 is 5.39. The van der Waals surface area contributed by atoms with Crippen LogP contribution in [0.15, 0.2) is 34.9 Å². The van der Waals surface area contributed by atoms with Gasteiger partial charge in [-0.1, -0.05) is 25.1 Å². The lowest BCUT2D eigenvalue weighted by Crippen LogP contribution is -2.03. The third-order valence-electron chi connectivity index (χ3n) is 4.05. The van der Waals surface area contributed by atoms with Gasteiger partial charge in [-0.2, -0.15) is 0 Å². The number of hydrogen-bond acceptors (Lipinski definition) is 2. The minimum atomic E-state index is -0.465. The fourth-order valence-electron chi connectivity index (χ4n) is 3.02. The van der Waals surface area contributed by atoms with Crippen LogP contribution in [0.3, 0.4) is 0 Å². The summed E-state index contributed by atoms with van der Waals surface area (Å²) in [6, 6.07) is 8.52. The highest BCUT2D eigenvalue weighted by atomic mass is 16.3. The second kappa shape index (κ2) is 5.22. The zero-order valence-corrected chi connectivity index (χ0v) is 11.4. The lowest BCUT2D eigenvalue weighted by Gasteiger charge is -2.11. The standard InChI is InChI=1S/C17H20O2/c1-2-17-15(8-9-19-17)16(18)11-12-6-7-13-4-3-5-14(13)10-12/h6-10,16,18H,2-5,11H2,1H3. The first-order chi connectivity index (χ1) is 9.28. The van der Waals surface area contributed by atoms with Crippen LogP contribution < -0.4 is 0 Å². The molecule has 2 aromatic rings. The van der Waals surface area contributed by atoms with E-state index in [2.05, 4.69) is 18.2 Å². The maximum atomic E-state index is 10.4. The average Bonchev–Trinajstić information content (AvgIpc) is 3.06. The molecule has 0 amide bonds. The van der Waals surface area contributed by atoms with Gasteiger partial charge in [0.15, 0.2) is 0 Å². The first-order valence-corrected chi connectivity index (χ1v) is 7.13. The number of furan rings is 1. The molecule has 1 heterocycles. The van der Waals surface area contributed by atoms with Gasteiger partial charge in [0.2, 0.25) is 0 Å². The lowest BCUT2D eigenvalue weighted by molar-refractivity contribution is 0.176. The average molecular weight is 256 g/mol. The summed E-state index contributed by atoms with van der Waals surface area (Å²) in [5.41, 5.74) is 5.10. The number of hydrogen-bond donors (Lipinski definition) is 1. The Bertz CT molecular complexity index is 568. The van der Waals surface area contributed by atoms with E-state index in [1.807, 2.05) is 13.0 Å². The molecule has 1 aliphatic rings. The fourth-order valence-corrected chi connectivity index (χ4v) is 3.02. The van der Waals surface area contributed by atoms with Gasteiger partial charge in [0, 0.05) is 18.4 Å². The molecule has 0 radical (unpaired) electrons. The molecule has 2 nitrogen and oxygen atoms in total. The van der Waals surface area contributed by atoms with Crippen molar-refractivity contribution in [1.82, 2.24) is 0 Å². The largest absolute Gasteiger partial charge is 0.469 e. The Morgan fingerprint density at radius 3 is 2.89 bits per heavy atom. The molecule has 100 valence electrons. The number of aliphatic hydroxyl groups is 1. The van der Waals surface area contributed by atoms with Gasteiger partial charge in [0.1, 0.15) is 5.76 Å². The van der Waals surface area contributed by atoms with E-state index in [4.69, 9.17) is 4.42 Å². The van der Waals surface area contributed by atoms with Gasteiger partial charge in [-0.15, -0.1) is 0 Å². The minimum Gasteiger partial charge on any atom is -0.469 e. The van der Waals surface area contributed by atoms with E-state index < -0.39 is 6.10 Å². The Labute approximate surface area is 114 Å². The van der Waals surface area contributed by atoms with Crippen LogP contribution in [-0.4, -0.2) is 5.11 Å². The molecule has 3 rings (SSSR count). The summed E-state index contributed by atoms with van der Waals surface area (Å²) in [6.07, 6.45) is 6.35. The molecule has 2 heteroatoms. The van der Waals surface area contributed by atoms with Crippen molar-refractivity contribution in [2.45, 2.75) is 45.1 Å². The normalized spacial score (nSPS) is 15.5. The molecule has 0 spiro atoms. The van der Waals surface area contributed by atoms with Gasteiger partial charge in [0.25, 0.3) is 0 Å². The Hall–Kier alpha value is -1.54. The van der Waals surface area contributed by atoms with Gasteiger partial charge < -0.3 is 9.52 Å². The SMILES string of the molecule is CCc1occc1C(O)Cc1ccc2c(c1)CCC2. The van der Waals surface area contributed by atoms with E-state index in [1.54, 1.807) is 6.26 Å². The van der Waals surface area contributed by atoms with Crippen molar-refractivity contribution >= 4 is 0 Å². The number of rotatable bonds is 4. The quantitative estimate of drug-likeness (QED) is 0.906. The van der Waals surface area contributed by atoms with Crippen molar-refractivity contribution in [3.05, 3.63) is 58.5 Å². The van der Waals surface area contributed by atoms with Gasteiger partial charge in [0.05, 0.1) is 12.4 Å². The number of aliphatic hydroxyl groups excluding tert-OH is 1. The predicted octanol–water partition coefficient (Wildman–Crippen LogP) is 3.61. The van der Waals surface area contributed by atoms with Crippen LogP contribution in [-0.2, 0) is 25.7 Å². The molecule has 0 aliphatic heterocycles. The van der Waals surface area contributed by atoms with Crippen LogP contribution in [0.2, 0.25) is 0 Å². The van der Waals surface area contributed by atoms with Crippen molar-refractivity contribution in [2.75, 3.05) is 0 Å². The zero-order chi connectivity index (χ0) is 13.2. The molecule has 0 saturated heterocycles. The maximum Gasteiger partial charge on any atom is 0.109 e. The minimum absolute atomic E-state index is 0.465. The Kier molecular flexibility index (Phi) is 3.43. The van der Waals surface area contributed by atoms with Crippen molar-refractivity contribution < 1.29 is 9.52 Å². The molecule has 1 N–H and O–H groups in total. The van der Waals surface area contributed by atoms with E-state index in [1.165, 1.54) is 36.0 Å². The highest BCUT2D eigenvalue weighted by Crippen LogP contribution is 2.27. The number of benzene rings is 1. The second-order valence-electron chi connectivity index (χ2n) is 5.33. The van der Waals surface area contributed by atoms with Crippen LogP contribution in [0.1, 0.15) is 47.5 Å². The smallest absolute Gasteiger partial charge is 0.109 e. The van der Waals surface area contributed by atoms with Gasteiger partial charge in [-0.3, -0.25) is 0 Å². The lowest BCUT2D eigenvalue weighted by atomic mass is 9.98. The summed E-state index contributed by atoms with van der Waals surface area (Å²) in [6.45, 7) is 2.05. The number of aryl methyl sites for hydroxylation is 3. The molecule has 1 aliphatic carbocycles. The summed E-state index contributed by atoms with van der Waals surface area (Å²) in [5.74, 6) is 0.897. The first-order valence-electron chi connectivity index (χ1n) is 7.13. The molecular weight excluding hydrogens is 236 g/mol. The third-order valence-corrected chi connectivity index (χ3v) is 4.05. The molecule has 0 saturated carbocycles. The fraction of sp³-hybridized carbons (Fsp3) is 0.412. The van der Waals surface area contributed by atoms with Crippen LogP contribution in [0.4, 0.5) is 0 Å². The van der Waals surface area contributed by atoms with Gasteiger partial charge >= 0.3 is 0 Å². The summed E-state index contributed by atoms with van der Waals surface area (Å²) in [5, 5.41) is 10.4. The Morgan fingerprint density at radius 2 is 2.05 bits per heavy atom. The molecular formula is C17H20O2. The van der Waals surface area contributed by atoms with E-state index in [-0.39, 0.29) is 0 Å². The van der Waals surface area contributed by atoms with E-state index >= 15 is 0 Å². The predicted molar refractivity (Wildman–Crippen MR) is 75.2 cm³/mol.